The van der Waals surface area contributed by atoms with E-state index in [0.717, 1.165) is 37.7 Å². The Morgan fingerprint density at radius 1 is 1.19 bits per heavy atom. The maximum absolute atomic E-state index is 13.1. The normalized spacial score (nSPS) is 20.3. The number of anilines is 2. The van der Waals surface area contributed by atoms with Crippen LogP contribution in [0.4, 0.5) is 11.6 Å². The number of aromatic nitrogens is 3. The summed E-state index contributed by atoms with van der Waals surface area (Å²) in [5.41, 5.74) is 2.71. The lowest BCUT2D eigenvalue weighted by Gasteiger charge is -2.28. The summed E-state index contributed by atoms with van der Waals surface area (Å²) in [4.78, 5) is 34.3. The van der Waals surface area contributed by atoms with Gasteiger partial charge in [-0.3, -0.25) is 14.2 Å². The van der Waals surface area contributed by atoms with Crippen molar-refractivity contribution < 1.29 is 4.79 Å². The van der Waals surface area contributed by atoms with Crippen LogP contribution in [0.25, 0.3) is 11.0 Å². The number of nitriles is 1. The molecule has 8 heteroatoms. The largest absolute Gasteiger partial charge is 0.352 e. The third-order valence-electron chi connectivity index (χ3n) is 6.53. The smallest absolute Gasteiger partial charge is 0.270 e. The van der Waals surface area contributed by atoms with E-state index in [1.165, 1.54) is 0 Å². The number of rotatable bonds is 3. The van der Waals surface area contributed by atoms with E-state index >= 15 is 0 Å². The summed E-state index contributed by atoms with van der Waals surface area (Å²) in [7, 11) is 0. The lowest BCUT2D eigenvalue weighted by Crippen LogP contribution is -2.31. The minimum atomic E-state index is -0.297. The second kappa shape index (κ2) is 8.08. The average molecular weight is 428 g/mol. The molecule has 0 spiro atoms. The van der Waals surface area contributed by atoms with Gasteiger partial charge in [0.05, 0.1) is 0 Å². The van der Waals surface area contributed by atoms with E-state index in [-0.39, 0.29) is 23.1 Å². The molecule has 2 N–H and O–H groups in total. The molecule has 3 heterocycles. The lowest BCUT2D eigenvalue weighted by molar-refractivity contribution is 0.0946. The third kappa shape index (κ3) is 3.60. The molecule has 1 saturated carbocycles. The van der Waals surface area contributed by atoms with Gasteiger partial charge in [0.15, 0.2) is 0 Å². The fraction of sp³-hybridized carbons (Fsp3) is 0.375. The van der Waals surface area contributed by atoms with Crippen LogP contribution in [-0.4, -0.2) is 27.0 Å². The quantitative estimate of drug-likeness (QED) is 0.661. The van der Waals surface area contributed by atoms with Crippen molar-refractivity contribution in [3.05, 3.63) is 57.5 Å². The standard InChI is InChI=1S/C24H24N6O2/c1-14-2-6-19(7-3-14)30-21-17(10-16(12-25)23(30)32)13-27-24(29-21)28-18-5-4-15-8-9-26-22(31)20(15)11-18/h4-5,10-11,13-14,19H,2-3,6-9H2,1H3,(H,26,31)(H,27,28,29). The van der Waals surface area contributed by atoms with Crippen molar-refractivity contribution in [1.29, 1.82) is 5.26 Å². The number of benzene rings is 1. The van der Waals surface area contributed by atoms with E-state index in [1.54, 1.807) is 22.9 Å². The van der Waals surface area contributed by atoms with Crippen LogP contribution in [0, 0.1) is 17.2 Å². The van der Waals surface area contributed by atoms with Crippen LogP contribution in [0.1, 0.15) is 60.1 Å². The van der Waals surface area contributed by atoms with Crippen LogP contribution in [0.3, 0.4) is 0 Å². The molecule has 1 aliphatic heterocycles. The summed E-state index contributed by atoms with van der Waals surface area (Å²) < 4.78 is 1.69. The Bertz CT molecular complexity index is 1310. The van der Waals surface area contributed by atoms with Gasteiger partial charge in [-0.15, -0.1) is 0 Å². The predicted octanol–water partition coefficient (Wildman–Crippen LogP) is 3.44. The number of nitrogens with zero attached hydrogens (tertiary/aromatic N) is 4. The van der Waals surface area contributed by atoms with E-state index < -0.39 is 0 Å². The minimum absolute atomic E-state index is 0.0182. The summed E-state index contributed by atoms with van der Waals surface area (Å²) in [6.45, 7) is 2.88. The molecule has 32 heavy (non-hydrogen) atoms. The van der Waals surface area contributed by atoms with Gasteiger partial charge in [-0.25, -0.2) is 4.98 Å². The minimum Gasteiger partial charge on any atom is -0.352 e. The Hall–Kier alpha value is -3.73. The van der Waals surface area contributed by atoms with Gasteiger partial charge in [0.1, 0.15) is 17.3 Å². The summed E-state index contributed by atoms with van der Waals surface area (Å²) in [5, 5.41) is 16.1. The van der Waals surface area contributed by atoms with Crippen LogP contribution in [0.5, 0.6) is 0 Å². The topological polar surface area (TPSA) is 113 Å². The molecule has 2 aliphatic rings. The summed E-state index contributed by atoms with van der Waals surface area (Å²) in [5.74, 6) is 0.898. The number of amides is 1. The van der Waals surface area contributed by atoms with Gasteiger partial charge in [-0.1, -0.05) is 13.0 Å². The first-order valence-electron chi connectivity index (χ1n) is 11.0. The molecule has 0 atom stereocenters. The molecule has 3 aromatic rings. The second-order valence-corrected chi connectivity index (χ2v) is 8.73. The van der Waals surface area contributed by atoms with Crippen LogP contribution in [0.15, 0.2) is 35.3 Å². The van der Waals surface area contributed by atoms with E-state index in [0.29, 0.717) is 40.7 Å². The van der Waals surface area contributed by atoms with Crippen molar-refractivity contribution in [3.63, 3.8) is 0 Å². The molecule has 162 valence electrons. The van der Waals surface area contributed by atoms with Crippen LogP contribution < -0.4 is 16.2 Å². The van der Waals surface area contributed by atoms with Crippen molar-refractivity contribution in [2.75, 3.05) is 11.9 Å². The van der Waals surface area contributed by atoms with E-state index in [4.69, 9.17) is 0 Å². The van der Waals surface area contributed by atoms with Crippen molar-refractivity contribution in [2.45, 2.75) is 45.1 Å². The summed E-state index contributed by atoms with van der Waals surface area (Å²) in [6, 6.07) is 9.24. The van der Waals surface area contributed by atoms with Crippen molar-refractivity contribution in [3.8, 4) is 6.07 Å². The van der Waals surface area contributed by atoms with Crippen LogP contribution >= 0.6 is 0 Å². The molecular weight excluding hydrogens is 404 g/mol. The highest BCUT2D eigenvalue weighted by Crippen LogP contribution is 2.33. The molecule has 0 bridgehead atoms. The van der Waals surface area contributed by atoms with E-state index in [9.17, 15) is 14.9 Å². The Labute approximate surface area is 185 Å². The maximum Gasteiger partial charge on any atom is 0.270 e. The zero-order valence-corrected chi connectivity index (χ0v) is 17.9. The third-order valence-corrected chi connectivity index (χ3v) is 6.53. The lowest BCUT2D eigenvalue weighted by atomic mass is 9.87. The molecule has 0 unspecified atom stereocenters. The highest BCUT2D eigenvalue weighted by Gasteiger charge is 2.24. The van der Waals surface area contributed by atoms with E-state index in [1.807, 2.05) is 18.2 Å². The van der Waals surface area contributed by atoms with Crippen LogP contribution in [0.2, 0.25) is 0 Å². The fourth-order valence-corrected chi connectivity index (χ4v) is 4.72. The molecule has 2 aromatic heterocycles. The van der Waals surface area contributed by atoms with Gasteiger partial charge >= 0.3 is 0 Å². The molecule has 0 saturated heterocycles. The molecule has 5 rings (SSSR count). The maximum atomic E-state index is 13.1. The molecule has 0 radical (unpaired) electrons. The van der Waals surface area contributed by atoms with Gasteiger partial charge in [0, 0.05) is 35.4 Å². The first kappa shape index (κ1) is 20.2. The Morgan fingerprint density at radius 2 is 2.00 bits per heavy atom. The Morgan fingerprint density at radius 3 is 2.78 bits per heavy atom. The fourth-order valence-electron chi connectivity index (χ4n) is 4.72. The molecule has 1 amide bonds. The number of carbonyl (C=O) groups excluding carboxylic acids is 1. The number of fused-ring (bicyclic) bond motifs is 2. The summed E-state index contributed by atoms with van der Waals surface area (Å²) >= 11 is 0. The summed E-state index contributed by atoms with van der Waals surface area (Å²) in [6.07, 6.45) is 6.31. The number of hydrogen-bond donors (Lipinski definition) is 2. The monoisotopic (exact) mass is 428 g/mol. The number of pyridine rings is 1. The van der Waals surface area contributed by atoms with Crippen molar-refractivity contribution in [2.24, 2.45) is 5.92 Å². The van der Waals surface area contributed by atoms with E-state index in [2.05, 4.69) is 27.5 Å². The van der Waals surface area contributed by atoms with Crippen LogP contribution in [-0.2, 0) is 6.42 Å². The Balaban J connectivity index is 1.55. The first-order valence-corrected chi connectivity index (χ1v) is 11.0. The van der Waals surface area contributed by atoms with Gasteiger partial charge < -0.3 is 10.6 Å². The number of nitrogens with one attached hydrogen (secondary N) is 2. The molecule has 1 aromatic carbocycles. The van der Waals surface area contributed by atoms with Crippen molar-refractivity contribution >= 4 is 28.6 Å². The predicted molar refractivity (Wildman–Crippen MR) is 121 cm³/mol. The van der Waals surface area contributed by atoms with Gasteiger partial charge in [-0.2, -0.15) is 10.2 Å². The molecular formula is C24H24N6O2. The first-order chi connectivity index (χ1) is 15.5. The van der Waals surface area contributed by atoms with Crippen molar-refractivity contribution in [1.82, 2.24) is 19.9 Å². The molecule has 1 aliphatic carbocycles. The number of carbonyl (C=O) groups is 1. The Kier molecular flexibility index (Phi) is 5.10. The average Bonchev–Trinajstić information content (AvgIpc) is 2.80. The zero-order chi connectivity index (χ0) is 22.2. The second-order valence-electron chi connectivity index (χ2n) is 8.73. The SMILES string of the molecule is CC1CCC(n2c(=O)c(C#N)cc3cnc(Nc4ccc5c(c4)C(=O)NCC5)nc32)CC1. The zero-order valence-electron chi connectivity index (χ0n) is 17.9. The van der Waals surface area contributed by atoms with Gasteiger partial charge in [0.25, 0.3) is 11.5 Å². The highest BCUT2D eigenvalue weighted by molar-refractivity contribution is 5.97. The van der Waals surface area contributed by atoms with Gasteiger partial charge in [0.2, 0.25) is 5.95 Å². The highest BCUT2D eigenvalue weighted by atomic mass is 16.1. The number of hydrogen-bond acceptors (Lipinski definition) is 6. The molecule has 8 nitrogen and oxygen atoms in total. The molecule has 1 fully saturated rings. The van der Waals surface area contributed by atoms with Gasteiger partial charge in [-0.05, 0) is 61.8 Å².